The predicted molar refractivity (Wildman–Crippen MR) is 95.0 cm³/mol. The van der Waals surface area contributed by atoms with Crippen LogP contribution in [0, 0.1) is 5.92 Å². The molecule has 0 spiro atoms. The lowest BCUT2D eigenvalue weighted by molar-refractivity contribution is -0.134. The molecule has 23 heavy (non-hydrogen) atoms. The second-order valence-electron chi connectivity index (χ2n) is 5.82. The van der Waals surface area contributed by atoms with Crippen LogP contribution in [0.3, 0.4) is 0 Å². The molecule has 1 unspecified atom stereocenters. The van der Waals surface area contributed by atoms with E-state index in [1.807, 2.05) is 51.2 Å². The van der Waals surface area contributed by atoms with Gasteiger partial charge in [0.2, 0.25) is 0 Å². The number of aliphatic hydroxyl groups excluding tert-OH is 1. The van der Waals surface area contributed by atoms with Crippen molar-refractivity contribution in [2.24, 2.45) is 5.92 Å². The van der Waals surface area contributed by atoms with Crippen molar-refractivity contribution in [3.05, 3.63) is 70.6 Å². The topological polar surface area (TPSA) is 46.5 Å². The highest BCUT2D eigenvalue weighted by atomic mass is 16.5. The quantitative estimate of drug-likeness (QED) is 0.443. The SMILES string of the molecule is COC(=O)\C=C(C)/C=C/C=C(C)/C=C/C1=C(C)C(O)=CCC1C. The largest absolute Gasteiger partial charge is 0.508 e. The Morgan fingerprint density at radius 1 is 1.30 bits per heavy atom. The molecule has 1 atom stereocenters. The van der Waals surface area contributed by atoms with Crippen molar-refractivity contribution < 1.29 is 14.6 Å². The summed E-state index contributed by atoms with van der Waals surface area (Å²) in [5, 5.41) is 9.83. The molecule has 0 aromatic rings. The summed E-state index contributed by atoms with van der Waals surface area (Å²) >= 11 is 0. The maximum Gasteiger partial charge on any atom is 0.330 e. The molecule has 0 aromatic heterocycles. The first kappa shape index (κ1) is 18.8. The zero-order chi connectivity index (χ0) is 17.4. The summed E-state index contributed by atoms with van der Waals surface area (Å²) in [5.74, 6) is 0.442. The molecule has 0 aliphatic heterocycles. The maximum atomic E-state index is 11.1. The average Bonchev–Trinajstić information content (AvgIpc) is 2.50. The minimum absolute atomic E-state index is 0.352. The highest BCUT2D eigenvalue weighted by Gasteiger charge is 2.15. The molecule has 0 aromatic carbocycles. The van der Waals surface area contributed by atoms with Crippen LogP contribution in [0.1, 0.15) is 34.1 Å². The van der Waals surface area contributed by atoms with Crippen LogP contribution in [-0.4, -0.2) is 18.2 Å². The molecule has 0 amide bonds. The first-order valence-corrected chi connectivity index (χ1v) is 7.74. The second-order valence-corrected chi connectivity index (χ2v) is 5.82. The molecule has 0 saturated heterocycles. The molecule has 1 aliphatic carbocycles. The average molecular weight is 314 g/mol. The fourth-order valence-electron chi connectivity index (χ4n) is 2.30. The van der Waals surface area contributed by atoms with Crippen LogP contribution in [0.25, 0.3) is 0 Å². The van der Waals surface area contributed by atoms with Gasteiger partial charge in [-0.15, -0.1) is 0 Å². The van der Waals surface area contributed by atoms with Crippen LogP contribution in [0.15, 0.2) is 70.6 Å². The highest BCUT2D eigenvalue weighted by Crippen LogP contribution is 2.29. The van der Waals surface area contributed by atoms with Crippen molar-refractivity contribution >= 4 is 5.97 Å². The van der Waals surface area contributed by atoms with E-state index in [1.165, 1.54) is 18.8 Å². The fraction of sp³-hybridized carbons (Fsp3) is 0.350. The van der Waals surface area contributed by atoms with Crippen LogP contribution in [0.2, 0.25) is 0 Å². The molecule has 0 bridgehead atoms. The Kier molecular flexibility index (Phi) is 7.33. The van der Waals surface area contributed by atoms with Crippen molar-refractivity contribution in [1.29, 1.82) is 0 Å². The zero-order valence-electron chi connectivity index (χ0n) is 14.6. The summed E-state index contributed by atoms with van der Waals surface area (Å²) in [7, 11) is 1.36. The second kappa shape index (κ2) is 8.99. The van der Waals surface area contributed by atoms with Gasteiger partial charge in [-0.1, -0.05) is 42.9 Å². The predicted octanol–water partition coefficient (Wildman–Crippen LogP) is 4.96. The molecular weight excluding hydrogens is 288 g/mol. The number of hydrogen-bond donors (Lipinski definition) is 1. The summed E-state index contributed by atoms with van der Waals surface area (Å²) in [6, 6.07) is 0. The number of aliphatic hydroxyl groups is 1. The van der Waals surface area contributed by atoms with Crippen LogP contribution in [-0.2, 0) is 9.53 Å². The molecule has 0 saturated carbocycles. The molecule has 3 heteroatoms. The van der Waals surface area contributed by atoms with Gasteiger partial charge in [0.1, 0.15) is 5.76 Å². The van der Waals surface area contributed by atoms with E-state index in [0.29, 0.717) is 11.7 Å². The van der Waals surface area contributed by atoms with Crippen LogP contribution >= 0.6 is 0 Å². The number of hydrogen-bond acceptors (Lipinski definition) is 3. The van der Waals surface area contributed by atoms with E-state index in [4.69, 9.17) is 0 Å². The number of esters is 1. The van der Waals surface area contributed by atoms with Gasteiger partial charge in [-0.25, -0.2) is 4.79 Å². The molecular formula is C20H26O3. The minimum atomic E-state index is -0.352. The lowest BCUT2D eigenvalue weighted by atomic mass is 9.87. The first-order chi connectivity index (χ1) is 10.8. The standard InChI is InChI=1S/C20H26O3/c1-14(7-6-8-15(2)13-20(22)23-5)9-11-18-16(3)10-12-19(21)17(18)4/h6-9,11-13,16,21H,10H2,1-5H3/b8-6+,11-9+,14-7+,15-13-. The maximum absolute atomic E-state index is 11.1. The van der Waals surface area contributed by atoms with E-state index in [-0.39, 0.29) is 5.97 Å². The lowest BCUT2D eigenvalue weighted by Crippen LogP contribution is -2.06. The van der Waals surface area contributed by atoms with Crippen LogP contribution in [0.4, 0.5) is 0 Å². The van der Waals surface area contributed by atoms with E-state index in [9.17, 15) is 9.90 Å². The van der Waals surface area contributed by atoms with Gasteiger partial charge >= 0.3 is 5.97 Å². The molecule has 0 fully saturated rings. The Morgan fingerprint density at radius 3 is 2.65 bits per heavy atom. The molecule has 3 nitrogen and oxygen atoms in total. The highest BCUT2D eigenvalue weighted by molar-refractivity contribution is 5.83. The van der Waals surface area contributed by atoms with Gasteiger partial charge in [-0.3, -0.25) is 0 Å². The number of methoxy groups -OCH3 is 1. The van der Waals surface area contributed by atoms with Crippen molar-refractivity contribution in [3.8, 4) is 0 Å². The zero-order valence-corrected chi connectivity index (χ0v) is 14.6. The Bertz CT molecular complexity index is 625. The molecule has 124 valence electrons. The Labute approximate surface area is 139 Å². The Balaban J connectivity index is 2.77. The fourth-order valence-corrected chi connectivity index (χ4v) is 2.30. The van der Waals surface area contributed by atoms with E-state index < -0.39 is 0 Å². The molecule has 1 rings (SSSR count). The molecule has 0 heterocycles. The number of carbonyl (C=O) groups excluding carboxylic acids is 1. The third-order valence-corrected chi connectivity index (χ3v) is 3.80. The number of rotatable bonds is 5. The van der Waals surface area contributed by atoms with E-state index in [1.54, 1.807) is 0 Å². The van der Waals surface area contributed by atoms with Crippen LogP contribution in [0.5, 0.6) is 0 Å². The summed E-state index contributed by atoms with van der Waals surface area (Å²) in [6.45, 7) is 7.96. The van der Waals surface area contributed by atoms with E-state index in [2.05, 4.69) is 17.7 Å². The van der Waals surface area contributed by atoms with Crippen LogP contribution < -0.4 is 0 Å². The van der Waals surface area contributed by atoms with Crippen molar-refractivity contribution in [2.75, 3.05) is 7.11 Å². The van der Waals surface area contributed by atoms with Crippen molar-refractivity contribution in [1.82, 2.24) is 0 Å². The summed E-state index contributed by atoms with van der Waals surface area (Å²) in [4.78, 5) is 11.1. The Morgan fingerprint density at radius 2 is 2.00 bits per heavy atom. The monoisotopic (exact) mass is 314 g/mol. The van der Waals surface area contributed by atoms with E-state index >= 15 is 0 Å². The normalized spacial score (nSPS) is 20.4. The van der Waals surface area contributed by atoms with Crippen molar-refractivity contribution in [3.63, 3.8) is 0 Å². The van der Waals surface area contributed by atoms with Gasteiger partial charge in [0.15, 0.2) is 0 Å². The van der Waals surface area contributed by atoms with Gasteiger partial charge in [0, 0.05) is 6.08 Å². The van der Waals surface area contributed by atoms with Gasteiger partial charge in [-0.2, -0.15) is 0 Å². The number of ether oxygens (including phenoxy) is 1. The molecule has 1 N–H and O–H groups in total. The van der Waals surface area contributed by atoms with Crippen molar-refractivity contribution in [2.45, 2.75) is 34.1 Å². The lowest BCUT2D eigenvalue weighted by Gasteiger charge is -2.19. The third kappa shape index (κ3) is 6.15. The van der Waals surface area contributed by atoms with E-state index in [0.717, 1.165) is 23.1 Å². The van der Waals surface area contributed by atoms with Gasteiger partial charge in [0.05, 0.1) is 7.11 Å². The molecule has 1 aliphatic rings. The van der Waals surface area contributed by atoms with Gasteiger partial charge in [0.25, 0.3) is 0 Å². The van der Waals surface area contributed by atoms with Gasteiger partial charge < -0.3 is 9.84 Å². The summed E-state index contributed by atoms with van der Waals surface area (Å²) in [5.41, 5.74) is 4.04. The number of carbonyl (C=O) groups is 1. The smallest absolute Gasteiger partial charge is 0.330 e. The van der Waals surface area contributed by atoms with Gasteiger partial charge in [-0.05, 0) is 55.9 Å². The first-order valence-electron chi connectivity index (χ1n) is 7.74. The third-order valence-electron chi connectivity index (χ3n) is 3.80. The number of allylic oxidation sites excluding steroid dienone is 10. The summed E-state index contributed by atoms with van der Waals surface area (Å²) < 4.78 is 4.58. The molecule has 0 radical (unpaired) electrons. The Hall–Kier alpha value is -2.29. The minimum Gasteiger partial charge on any atom is -0.508 e. The summed E-state index contributed by atoms with van der Waals surface area (Å²) in [6.07, 6.45) is 14.0.